The lowest BCUT2D eigenvalue weighted by molar-refractivity contribution is 0.282. The fraction of sp³-hybridized carbons (Fsp3) is 0.200. The van der Waals surface area contributed by atoms with Crippen LogP contribution in [-0.2, 0) is 13.2 Å². The molecule has 2 aromatic carbocycles. The van der Waals surface area contributed by atoms with Gasteiger partial charge in [0.1, 0.15) is 0 Å². The summed E-state index contributed by atoms with van der Waals surface area (Å²) < 4.78 is 0. The van der Waals surface area contributed by atoms with Crippen LogP contribution < -0.4 is 4.90 Å². The van der Waals surface area contributed by atoms with Gasteiger partial charge in [0, 0.05) is 29.9 Å². The van der Waals surface area contributed by atoms with Crippen LogP contribution in [0.4, 0.5) is 5.69 Å². The van der Waals surface area contributed by atoms with E-state index in [1.807, 2.05) is 37.4 Å². The highest BCUT2D eigenvalue weighted by atomic mass is 35.5. The molecule has 0 saturated carbocycles. The van der Waals surface area contributed by atoms with E-state index in [2.05, 4.69) is 17.0 Å². The average Bonchev–Trinajstić information content (AvgIpc) is 2.40. The first kappa shape index (κ1) is 12.9. The van der Waals surface area contributed by atoms with Crippen molar-refractivity contribution in [2.75, 3.05) is 11.9 Å². The number of hydrogen-bond donors (Lipinski definition) is 1. The first-order valence-electron chi connectivity index (χ1n) is 5.85. The molecule has 2 nitrogen and oxygen atoms in total. The third-order valence-corrected chi connectivity index (χ3v) is 3.13. The topological polar surface area (TPSA) is 23.5 Å². The molecular weight excluding hydrogens is 246 g/mol. The molecule has 0 radical (unpaired) electrons. The smallest absolute Gasteiger partial charge is 0.0702 e. The van der Waals surface area contributed by atoms with Gasteiger partial charge in [0.05, 0.1) is 6.61 Å². The van der Waals surface area contributed by atoms with Crippen LogP contribution >= 0.6 is 11.6 Å². The van der Waals surface area contributed by atoms with Crippen LogP contribution in [0.1, 0.15) is 11.1 Å². The number of aliphatic hydroxyl groups is 1. The SMILES string of the molecule is CN(Cc1ccccc1)c1cc(Cl)ccc1CO. The van der Waals surface area contributed by atoms with E-state index in [0.29, 0.717) is 5.02 Å². The Labute approximate surface area is 112 Å². The van der Waals surface area contributed by atoms with Gasteiger partial charge >= 0.3 is 0 Å². The van der Waals surface area contributed by atoms with Gasteiger partial charge in [-0.15, -0.1) is 0 Å². The summed E-state index contributed by atoms with van der Waals surface area (Å²) in [5, 5.41) is 10.0. The summed E-state index contributed by atoms with van der Waals surface area (Å²) in [7, 11) is 2.00. The molecule has 0 fully saturated rings. The molecule has 2 rings (SSSR count). The van der Waals surface area contributed by atoms with Crippen molar-refractivity contribution in [1.29, 1.82) is 0 Å². The predicted molar refractivity (Wildman–Crippen MR) is 75.9 cm³/mol. The van der Waals surface area contributed by atoms with Crippen LogP contribution in [0, 0.1) is 0 Å². The molecule has 0 bridgehead atoms. The van der Waals surface area contributed by atoms with Crippen LogP contribution in [0.15, 0.2) is 48.5 Å². The van der Waals surface area contributed by atoms with Gasteiger partial charge in [-0.05, 0) is 17.7 Å². The molecular formula is C15H16ClNO. The second-order valence-corrected chi connectivity index (χ2v) is 4.71. The number of anilines is 1. The summed E-state index contributed by atoms with van der Waals surface area (Å²) >= 11 is 6.01. The molecule has 0 spiro atoms. The summed E-state index contributed by atoms with van der Waals surface area (Å²) in [5.41, 5.74) is 3.08. The minimum Gasteiger partial charge on any atom is -0.392 e. The average molecular weight is 262 g/mol. The van der Waals surface area contributed by atoms with E-state index in [0.717, 1.165) is 17.8 Å². The lowest BCUT2D eigenvalue weighted by Crippen LogP contribution is -2.18. The maximum absolute atomic E-state index is 9.35. The highest BCUT2D eigenvalue weighted by molar-refractivity contribution is 6.30. The minimum absolute atomic E-state index is 0.0195. The van der Waals surface area contributed by atoms with E-state index in [4.69, 9.17) is 11.6 Å². The second kappa shape index (κ2) is 5.89. The number of aliphatic hydroxyl groups excluding tert-OH is 1. The number of hydrogen-bond acceptors (Lipinski definition) is 2. The van der Waals surface area contributed by atoms with Crippen molar-refractivity contribution < 1.29 is 5.11 Å². The van der Waals surface area contributed by atoms with Crippen LogP contribution in [0.3, 0.4) is 0 Å². The van der Waals surface area contributed by atoms with Crippen molar-refractivity contribution in [1.82, 2.24) is 0 Å². The van der Waals surface area contributed by atoms with Crippen molar-refractivity contribution in [3.63, 3.8) is 0 Å². The molecule has 2 aromatic rings. The molecule has 0 atom stereocenters. The molecule has 0 unspecified atom stereocenters. The van der Waals surface area contributed by atoms with Crippen LogP contribution in [0.5, 0.6) is 0 Å². The third-order valence-electron chi connectivity index (χ3n) is 2.89. The van der Waals surface area contributed by atoms with Gasteiger partial charge in [0.2, 0.25) is 0 Å². The highest BCUT2D eigenvalue weighted by Crippen LogP contribution is 2.25. The monoisotopic (exact) mass is 261 g/mol. The predicted octanol–water partition coefficient (Wildman–Crippen LogP) is 3.47. The van der Waals surface area contributed by atoms with E-state index in [-0.39, 0.29) is 6.61 Å². The zero-order chi connectivity index (χ0) is 13.0. The lowest BCUT2D eigenvalue weighted by Gasteiger charge is -2.22. The fourth-order valence-electron chi connectivity index (χ4n) is 1.97. The Bertz CT molecular complexity index is 513. The summed E-state index contributed by atoms with van der Waals surface area (Å²) in [5.74, 6) is 0. The standard InChI is InChI=1S/C15H16ClNO/c1-17(10-12-5-3-2-4-6-12)15-9-14(16)8-7-13(15)11-18/h2-9,18H,10-11H2,1H3. The first-order chi connectivity index (χ1) is 8.70. The van der Waals surface area contributed by atoms with E-state index in [9.17, 15) is 5.11 Å². The molecule has 0 heterocycles. The van der Waals surface area contributed by atoms with Crippen molar-refractivity contribution >= 4 is 17.3 Å². The van der Waals surface area contributed by atoms with Gasteiger partial charge < -0.3 is 10.0 Å². The van der Waals surface area contributed by atoms with Crippen LogP contribution in [-0.4, -0.2) is 12.2 Å². The van der Waals surface area contributed by atoms with E-state index < -0.39 is 0 Å². The molecule has 0 aliphatic rings. The number of benzene rings is 2. The molecule has 0 aliphatic heterocycles. The third kappa shape index (κ3) is 3.03. The van der Waals surface area contributed by atoms with Crippen LogP contribution in [0.25, 0.3) is 0 Å². The zero-order valence-electron chi connectivity index (χ0n) is 10.3. The van der Waals surface area contributed by atoms with E-state index in [1.54, 1.807) is 6.07 Å². The Morgan fingerprint density at radius 3 is 2.50 bits per heavy atom. The van der Waals surface area contributed by atoms with Gasteiger partial charge in [-0.3, -0.25) is 0 Å². The Morgan fingerprint density at radius 1 is 1.11 bits per heavy atom. The Morgan fingerprint density at radius 2 is 1.83 bits per heavy atom. The molecule has 3 heteroatoms. The maximum Gasteiger partial charge on any atom is 0.0702 e. The van der Waals surface area contributed by atoms with Crippen molar-refractivity contribution in [2.45, 2.75) is 13.2 Å². The Kier molecular flexibility index (Phi) is 4.24. The molecule has 18 heavy (non-hydrogen) atoms. The maximum atomic E-state index is 9.35. The number of halogens is 1. The van der Waals surface area contributed by atoms with Gasteiger partial charge in [-0.25, -0.2) is 0 Å². The van der Waals surface area contributed by atoms with Gasteiger partial charge in [0.25, 0.3) is 0 Å². The highest BCUT2D eigenvalue weighted by Gasteiger charge is 2.08. The van der Waals surface area contributed by atoms with Gasteiger partial charge in [-0.1, -0.05) is 48.0 Å². The van der Waals surface area contributed by atoms with Gasteiger partial charge in [0.15, 0.2) is 0 Å². The first-order valence-corrected chi connectivity index (χ1v) is 6.23. The quantitative estimate of drug-likeness (QED) is 0.911. The second-order valence-electron chi connectivity index (χ2n) is 4.27. The van der Waals surface area contributed by atoms with E-state index in [1.165, 1.54) is 5.56 Å². The van der Waals surface area contributed by atoms with Crippen LogP contribution in [0.2, 0.25) is 5.02 Å². The molecule has 0 aliphatic carbocycles. The Balaban J connectivity index is 2.23. The van der Waals surface area contributed by atoms with Gasteiger partial charge in [-0.2, -0.15) is 0 Å². The largest absolute Gasteiger partial charge is 0.392 e. The summed E-state index contributed by atoms with van der Waals surface area (Å²) in [6.07, 6.45) is 0. The molecule has 94 valence electrons. The normalized spacial score (nSPS) is 10.4. The van der Waals surface area contributed by atoms with Crippen molar-refractivity contribution in [3.8, 4) is 0 Å². The molecule has 0 saturated heterocycles. The molecule has 0 aromatic heterocycles. The fourth-order valence-corrected chi connectivity index (χ4v) is 2.13. The zero-order valence-corrected chi connectivity index (χ0v) is 11.1. The lowest BCUT2D eigenvalue weighted by atomic mass is 10.1. The summed E-state index contributed by atoms with van der Waals surface area (Å²) in [6, 6.07) is 15.8. The molecule has 0 amide bonds. The van der Waals surface area contributed by atoms with Crippen molar-refractivity contribution in [2.24, 2.45) is 0 Å². The Hall–Kier alpha value is -1.51. The van der Waals surface area contributed by atoms with E-state index >= 15 is 0 Å². The van der Waals surface area contributed by atoms with Crippen molar-refractivity contribution in [3.05, 3.63) is 64.7 Å². The number of rotatable bonds is 4. The summed E-state index contributed by atoms with van der Waals surface area (Å²) in [4.78, 5) is 2.09. The number of nitrogens with zero attached hydrogens (tertiary/aromatic N) is 1. The summed E-state index contributed by atoms with van der Waals surface area (Å²) in [6.45, 7) is 0.805. The minimum atomic E-state index is 0.0195. The molecule has 1 N–H and O–H groups in total.